The number of rotatable bonds is 7. The van der Waals surface area contributed by atoms with E-state index >= 15 is 0 Å². The maximum absolute atomic E-state index is 5.63. The molecular formula is C16H24N2O. The summed E-state index contributed by atoms with van der Waals surface area (Å²) in [5.41, 5.74) is 2.98. The molecule has 3 nitrogen and oxygen atoms in total. The quantitative estimate of drug-likeness (QED) is 0.779. The van der Waals surface area contributed by atoms with Crippen molar-refractivity contribution >= 4 is 16.8 Å². The van der Waals surface area contributed by atoms with Gasteiger partial charge in [0.25, 0.3) is 0 Å². The van der Waals surface area contributed by atoms with Crippen LogP contribution in [0.3, 0.4) is 0 Å². The summed E-state index contributed by atoms with van der Waals surface area (Å²) in [5, 5.41) is 3.62. The molecule has 0 bridgehead atoms. The fourth-order valence-electron chi connectivity index (χ4n) is 2.44. The molecule has 0 fully saturated rings. The molecule has 0 atom stereocenters. The lowest BCUT2D eigenvalue weighted by atomic mass is 10.1. The molecule has 2 aromatic rings. The summed E-state index contributed by atoms with van der Waals surface area (Å²) < 4.78 is 5.63. The highest BCUT2D eigenvalue weighted by molar-refractivity contribution is 5.77. The van der Waals surface area contributed by atoms with Crippen LogP contribution >= 0.6 is 0 Å². The van der Waals surface area contributed by atoms with E-state index in [-0.39, 0.29) is 0 Å². The predicted molar refractivity (Wildman–Crippen MR) is 80.6 cm³/mol. The highest BCUT2D eigenvalue weighted by atomic mass is 16.3. The molecule has 3 heteroatoms. The number of nitrogens with one attached hydrogen (secondary N) is 1. The normalized spacial score (nSPS) is 11.4. The minimum Gasteiger partial charge on any atom is -0.441 e. The summed E-state index contributed by atoms with van der Waals surface area (Å²) >= 11 is 0. The van der Waals surface area contributed by atoms with Crippen LogP contribution in [0.25, 0.3) is 11.1 Å². The summed E-state index contributed by atoms with van der Waals surface area (Å²) in [6.45, 7) is 6.53. The van der Waals surface area contributed by atoms with E-state index in [0.717, 1.165) is 29.1 Å². The molecule has 0 saturated heterocycles. The Bertz CT molecular complexity index is 512. The summed E-state index contributed by atoms with van der Waals surface area (Å²) in [7, 11) is 0. The van der Waals surface area contributed by atoms with E-state index in [1.807, 2.05) is 6.07 Å². The maximum Gasteiger partial charge on any atom is 0.195 e. The van der Waals surface area contributed by atoms with Gasteiger partial charge in [-0.15, -0.1) is 0 Å². The van der Waals surface area contributed by atoms with Gasteiger partial charge in [-0.2, -0.15) is 0 Å². The first kappa shape index (κ1) is 13.9. The minimum atomic E-state index is 0.560. The van der Waals surface area contributed by atoms with E-state index in [1.165, 1.54) is 25.7 Å². The number of aryl methyl sites for hydroxylation is 1. The van der Waals surface area contributed by atoms with Crippen LogP contribution < -0.4 is 5.32 Å². The second-order valence-electron chi connectivity index (χ2n) is 5.06. The Morgan fingerprint density at radius 3 is 2.53 bits per heavy atom. The monoisotopic (exact) mass is 260 g/mol. The molecule has 1 heterocycles. The van der Waals surface area contributed by atoms with Gasteiger partial charge in [-0.05, 0) is 31.0 Å². The number of hydrogen-bond acceptors (Lipinski definition) is 3. The highest BCUT2D eigenvalue weighted by Gasteiger charge is 2.09. The SMILES string of the molecule is CCCC(CCC)Nc1ccc2oc(CC)nc2c1. The van der Waals surface area contributed by atoms with E-state index in [2.05, 4.69) is 43.2 Å². The molecule has 0 aliphatic carbocycles. The van der Waals surface area contributed by atoms with Gasteiger partial charge in [0, 0.05) is 18.2 Å². The zero-order valence-corrected chi connectivity index (χ0v) is 12.2. The van der Waals surface area contributed by atoms with E-state index < -0.39 is 0 Å². The highest BCUT2D eigenvalue weighted by Crippen LogP contribution is 2.22. The zero-order valence-electron chi connectivity index (χ0n) is 12.2. The number of anilines is 1. The van der Waals surface area contributed by atoms with Crippen LogP contribution in [0.1, 0.15) is 52.3 Å². The Labute approximate surface area is 115 Å². The summed E-state index contributed by atoms with van der Waals surface area (Å²) in [6.07, 6.45) is 5.69. The molecular weight excluding hydrogens is 236 g/mol. The van der Waals surface area contributed by atoms with Crippen LogP contribution in [0.4, 0.5) is 5.69 Å². The average Bonchev–Trinajstić information content (AvgIpc) is 2.81. The molecule has 0 radical (unpaired) electrons. The fourth-order valence-corrected chi connectivity index (χ4v) is 2.44. The minimum absolute atomic E-state index is 0.560. The van der Waals surface area contributed by atoms with Gasteiger partial charge < -0.3 is 9.73 Å². The Morgan fingerprint density at radius 2 is 1.89 bits per heavy atom. The average molecular weight is 260 g/mol. The number of aromatic nitrogens is 1. The number of fused-ring (bicyclic) bond motifs is 1. The van der Waals surface area contributed by atoms with Gasteiger partial charge in [0.15, 0.2) is 11.5 Å². The standard InChI is InChI=1S/C16H24N2O/c1-4-7-12(8-5-2)17-13-9-10-15-14(11-13)18-16(6-3)19-15/h9-12,17H,4-8H2,1-3H3. The molecule has 0 amide bonds. The molecule has 1 aromatic carbocycles. The molecule has 0 spiro atoms. The first-order valence-corrected chi connectivity index (χ1v) is 7.42. The molecule has 0 aliphatic rings. The van der Waals surface area contributed by atoms with Crippen molar-refractivity contribution in [3.8, 4) is 0 Å². The van der Waals surface area contributed by atoms with Crippen molar-refractivity contribution in [1.29, 1.82) is 0 Å². The van der Waals surface area contributed by atoms with Crippen molar-refractivity contribution in [3.05, 3.63) is 24.1 Å². The molecule has 104 valence electrons. The third kappa shape index (κ3) is 3.49. The van der Waals surface area contributed by atoms with Crippen molar-refractivity contribution in [2.24, 2.45) is 0 Å². The van der Waals surface area contributed by atoms with Crippen LogP contribution in [0, 0.1) is 0 Å². The van der Waals surface area contributed by atoms with Crippen LogP contribution in [0.15, 0.2) is 22.6 Å². The van der Waals surface area contributed by atoms with Crippen molar-refractivity contribution in [2.75, 3.05) is 5.32 Å². The summed E-state index contributed by atoms with van der Waals surface area (Å²) in [4.78, 5) is 4.48. The first-order chi connectivity index (χ1) is 9.26. The van der Waals surface area contributed by atoms with Gasteiger partial charge >= 0.3 is 0 Å². The van der Waals surface area contributed by atoms with Gasteiger partial charge in [-0.3, -0.25) is 0 Å². The largest absolute Gasteiger partial charge is 0.441 e. The fraction of sp³-hybridized carbons (Fsp3) is 0.562. The number of hydrogen-bond donors (Lipinski definition) is 1. The molecule has 19 heavy (non-hydrogen) atoms. The van der Waals surface area contributed by atoms with Crippen molar-refractivity contribution in [3.63, 3.8) is 0 Å². The lowest BCUT2D eigenvalue weighted by Gasteiger charge is -2.18. The van der Waals surface area contributed by atoms with Crippen LogP contribution in [-0.2, 0) is 6.42 Å². The van der Waals surface area contributed by atoms with Gasteiger partial charge in [-0.25, -0.2) is 4.98 Å². The Morgan fingerprint density at radius 1 is 1.16 bits per heavy atom. The molecule has 1 N–H and O–H groups in total. The van der Waals surface area contributed by atoms with Crippen LogP contribution in [-0.4, -0.2) is 11.0 Å². The topological polar surface area (TPSA) is 38.1 Å². The van der Waals surface area contributed by atoms with E-state index in [1.54, 1.807) is 0 Å². The Kier molecular flexibility index (Phi) is 4.83. The summed E-state index contributed by atoms with van der Waals surface area (Å²) in [5.74, 6) is 0.811. The van der Waals surface area contributed by atoms with Gasteiger partial charge in [0.1, 0.15) is 5.52 Å². The van der Waals surface area contributed by atoms with Gasteiger partial charge in [0.05, 0.1) is 0 Å². The first-order valence-electron chi connectivity index (χ1n) is 7.42. The Hall–Kier alpha value is -1.51. The molecule has 1 aromatic heterocycles. The number of oxazole rings is 1. The lowest BCUT2D eigenvalue weighted by molar-refractivity contribution is 0.538. The molecule has 0 saturated carbocycles. The maximum atomic E-state index is 5.63. The van der Waals surface area contributed by atoms with Crippen molar-refractivity contribution in [1.82, 2.24) is 4.98 Å². The second kappa shape index (κ2) is 6.60. The third-order valence-electron chi connectivity index (χ3n) is 3.38. The predicted octanol–water partition coefficient (Wildman–Crippen LogP) is 4.77. The van der Waals surface area contributed by atoms with Crippen molar-refractivity contribution < 1.29 is 4.42 Å². The molecule has 0 aliphatic heterocycles. The van der Waals surface area contributed by atoms with E-state index in [9.17, 15) is 0 Å². The van der Waals surface area contributed by atoms with E-state index in [4.69, 9.17) is 4.42 Å². The smallest absolute Gasteiger partial charge is 0.195 e. The Balaban J connectivity index is 2.15. The molecule has 0 unspecified atom stereocenters. The third-order valence-corrected chi connectivity index (χ3v) is 3.38. The van der Waals surface area contributed by atoms with Gasteiger partial charge in [0.2, 0.25) is 0 Å². The molecule has 2 rings (SSSR count). The number of benzene rings is 1. The summed E-state index contributed by atoms with van der Waals surface area (Å²) in [6, 6.07) is 6.75. The zero-order chi connectivity index (χ0) is 13.7. The van der Waals surface area contributed by atoms with Crippen LogP contribution in [0.5, 0.6) is 0 Å². The van der Waals surface area contributed by atoms with Gasteiger partial charge in [-0.1, -0.05) is 33.6 Å². The second-order valence-corrected chi connectivity index (χ2v) is 5.06. The lowest BCUT2D eigenvalue weighted by Crippen LogP contribution is -2.18. The number of nitrogens with zero attached hydrogens (tertiary/aromatic N) is 1. The van der Waals surface area contributed by atoms with Crippen LogP contribution in [0.2, 0.25) is 0 Å². The van der Waals surface area contributed by atoms with Crippen molar-refractivity contribution in [2.45, 2.75) is 58.9 Å². The van der Waals surface area contributed by atoms with E-state index in [0.29, 0.717) is 6.04 Å².